The van der Waals surface area contributed by atoms with Crippen LogP contribution in [0, 0.1) is 0 Å². The molecule has 4 nitrogen and oxygen atoms in total. The maximum Gasteiger partial charge on any atom is 0.148 e. The molecule has 4 heteroatoms. The molecule has 138 valence electrons. The van der Waals surface area contributed by atoms with Crippen LogP contribution in [0.25, 0.3) is 22.5 Å². The van der Waals surface area contributed by atoms with Crippen LogP contribution in [-0.4, -0.2) is 34.3 Å². The summed E-state index contributed by atoms with van der Waals surface area (Å²) in [6, 6.07) is 21.0. The van der Waals surface area contributed by atoms with Gasteiger partial charge in [-0.15, -0.1) is 0 Å². The van der Waals surface area contributed by atoms with Crippen molar-refractivity contribution in [2.45, 2.75) is 31.7 Å². The Labute approximate surface area is 160 Å². The van der Waals surface area contributed by atoms with Crippen molar-refractivity contribution in [1.82, 2.24) is 9.97 Å². The van der Waals surface area contributed by atoms with Gasteiger partial charge in [0.2, 0.25) is 0 Å². The van der Waals surface area contributed by atoms with Crippen LogP contribution < -0.4 is 4.90 Å². The van der Waals surface area contributed by atoms with Gasteiger partial charge >= 0.3 is 0 Å². The highest BCUT2D eigenvalue weighted by Crippen LogP contribution is 2.33. The second-order valence-electron chi connectivity index (χ2n) is 7.01. The molecular formula is C23H25N3O. The summed E-state index contributed by atoms with van der Waals surface area (Å²) in [6.07, 6.45) is 6.06. The van der Waals surface area contributed by atoms with Crippen LogP contribution in [0.15, 0.2) is 66.9 Å². The Morgan fingerprint density at radius 3 is 2.26 bits per heavy atom. The van der Waals surface area contributed by atoms with Gasteiger partial charge in [0.15, 0.2) is 0 Å². The molecule has 2 heterocycles. The first-order valence-electron chi connectivity index (χ1n) is 9.72. The van der Waals surface area contributed by atoms with E-state index in [1.807, 2.05) is 42.6 Å². The van der Waals surface area contributed by atoms with E-state index in [-0.39, 0.29) is 6.61 Å². The van der Waals surface area contributed by atoms with E-state index in [2.05, 4.69) is 29.2 Å². The van der Waals surface area contributed by atoms with E-state index in [9.17, 15) is 5.11 Å². The summed E-state index contributed by atoms with van der Waals surface area (Å²) in [5, 5.41) is 9.19. The molecule has 1 N–H and O–H groups in total. The number of anilines is 1. The first-order chi connectivity index (χ1) is 13.4. The van der Waals surface area contributed by atoms with Crippen LogP contribution in [0.4, 0.5) is 5.82 Å². The first-order valence-corrected chi connectivity index (χ1v) is 9.72. The highest BCUT2D eigenvalue weighted by atomic mass is 16.2. The molecule has 0 amide bonds. The van der Waals surface area contributed by atoms with Gasteiger partial charge in [-0.05, 0) is 25.7 Å². The second-order valence-corrected chi connectivity index (χ2v) is 7.01. The number of rotatable bonds is 6. The van der Waals surface area contributed by atoms with E-state index >= 15 is 0 Å². The van der Waals surface area contributed by atoms with E-state index < -0.39 is 0 Å². The number of nitrogens with zero attached hydrogens (tertiary/aromatic N) is 3. The second kappa shape index (κ2) is 8.31. The monoisotopic (exact) mass is 359 g/mol. The summed E-state index contributed by atoms with van der Waals surface area (Å²) in [7, 11) is 0. The maximum atomic E-state index is 9.19. The molecule has 1 saturated heterocycles. The number of benzene rings is 2. The summed E-state index contributed by atoms with van der Waals surface area (Å²) < 4.78 is 0. The summed E-state index contributed by atoms with van der Waals surface area (Å²) in [4.78, 5) is 12.3. The molecule has 3 aromatic rings. The molecule has 1 unspecified atom stereocenters. The Morgan fingerprint density at radius 2 is 1.59 bits per heavy atom. The van der Waals surface area contributed by atoms with Gasteiger partial charge in [0.05, 0.1) is 17.6 Å². The fraction of sp³-hybridized carbons (Fsp3) is 0.304. The summed E-state index contributed by atoms with van der Waals surface area (Å²) >= 11 is 0. The predicted octanol–water partition coefficient (Wildman–Crippen LogP) is 4.55. The van der Waals surface area contributed by atoms with Gasteiger partial charge in [-0.1, -0.05) is 60.7 Å². The zero-order valence-electron chi connectivity index (χ0n) is 15.5. The smallest absolute Gasteiger partial charge is 0.148 e. The molecule has 1 fully saturated rings. The molecule has 1 aromatic heterocycles. The Morgan fingerprint density at radius 1 is 0.926 bits per heavy atom. The average Bonchev–Trinajstić information content (AvgIpc) is 3.21. The molecule has 1 aliphatic heterocycles. The average molecular weight is 359 g/mol. The lowest BCUT2D eigenvalue weighted by molar-refractivity contribution is 0.279. The van der Waals surface area contributed by atoms with Gasteiger partial charge in [-0.3, -0.25) is 4.98 Å². The fourth-order valence-electron chi connectivity index (χ4n) is 3.89. The third-order valence-corrected chi connectivity index (χ3v) is 5.22. The van der Waals surface area contributed by atoms with Crippen LogP contribution in [0.5, 0.6) is 0 Å². The lowest BCUT2D eigenvalue weighted by Crippen LogP contribution is -2.30. The molecule has 0 spiro atoms. The molecular weight excluding hydrogens is 334 g/mol. The molecule has 27 heavy (non-hydrogen) atoms. The molecule has 2 aromatic carbocycles. The van der Waals surface area contributed by atoms with Crippen molar-refractivity contribution in [3.05, 3.63) is 66.9 Å². The Kier molecular flexibility index (Phi) is 5.45. The first kappa shape index (κ1) is 17.7. The van der Waals surface area contributed by atoms with Gasteiger partial charge in [0, 0.05) is 30.3 Å². The SMILES string of the molecule is OCCCC1CCCN1c1cnc(-c2ccccc2)c(-c2ccccc2)n1. The molecule has 1 aliphatic rings. The lowest BCUT2D eigenvalue weighted by atomic mass is 10.0. The molecule has 0 radical (unpaired) electrons. The fourth-order valence-corrected chi connectivity index (χ4v) is 3.89. The molecule has 4 rings (SSSR count). The van der Waals surface area contributed by atoms with Crippen molar-refractivity contribution in [3.63, 3.8) is 0 Å². The Bertz CT molecular complexity index is 867. The minimum Gasteiger partial charge on any atom is -0.396 e. The van der Waals surface area contributed by atoms with E-state index in [0.29, 0.717) is 6.04 Å². The number of aromatic nitrogens is 2. The van der Waals surface area contributed by atoms with Crippen molar-refractivity contribution in [2.24, 2.45) is 0 Å². The van der Waals surface area contributed by atoms with Crippen LogP contribution in [-0.2, 0) is 0 Å². The van der Waals surface area contributed by atoms with Crippen LogP contribution in [0.3, 0.4) is 0 Å². The van der Waals surface area contributed by atoms with E-state index in [1.165, 1.54) is 6.42 Å². The number of hydrogen-bond donors (Lipinski definition) is 1. The number of aliphatic hydroxyl groups excluding tert-OH is 1. The highest BCUT2D eigenvalue weighted by molar-refractivity contribution is 5.78. The maximum absolute atomic E-state index is 9.19. The van der Waals surface area contributed by atoms with E-state index in [1.54, 1.807) is 0 Å². The summed E-state index contributed by atoms with van der Waals surface area (Å²) in [5.41, 5.74) is 3.99. The summed E-state index contributed by atoms with van der Waals surface area (Å²) in [6.45, 7) is 1.25. The number of aliphatic hydroxyl groups is 1. The molecule has 0 saturated carbocycles. The Balaban J connectivity index is 1.75. The van der Waals surface area contributed by atoms with Crippen molar-refractivity contribution in [1.29, 1.82) is 0 Å². The van der Waals surface area contributed by atoms with Crippen LogP contribution >= 0.6 is 0 Å². The van der Waals surface area contributed by atoms with Crippen molar-refractivity contribution < 1.29 is 5.11 Å². The van der Waals surface area contributed by atoms with Crippen molar-refractivity contribution in [2.75, 3.05) is 18.1 Å². The van der Waals surface area contributed by atoms with Gasteiger partial charge in [0.1, 0.15) is 5.82 Å². The Hall–Kier alpha value is -2.72. The molecule has 0 aliphatic carbocycles. The van der Waals surface area contributed by atoms with Crippen LogP contribution in [0.1, 0.15) is 25.7 Å². The van der Waals surface area contributed by atoms with Gasteiger partial charge in [-0.25, -0.2) is 4.98 Å². The third kappa shape index (κ3) is 3.86. The van der Waals surface area contributed by atoms with Gasteiger partial charge in [-0.2, -0.15) is 0 Å². The zero-order valence-corrected chi connectivity index (χ0v) is 15.5. The lowest BCUT2D eigenvalue weighted by Gasteiger charge is -2.26. The normalized spacial score (nSPS) is 16.6. The number of hydrogen-bond acceptors (Lipinski definition) is 4. The molecule has 1 atom stereocenters. The highest BCUT2D eigenvalue weighted by Gasteiger charge is 2.26. The minimum atomic E-state index is 0.248. The standard InChI is InChI=1S/C23H25N3O/c27-16-8-14-20-13-7-15-26(20)21-17-24-22(18-9-3-1-4-10-18)23(25-21)19-11-5-2-6-12-19/h1-6,9-12,17,20,27H,7-8,13-16H2. The minimum absolute atomic E-state index is 0.248. The van der Waals surface area contributed by atoms with Crippen molar-refractivity contribution in [3.8, 4) is 22.5 Å². The van der Waals surface area contributed by atoms with Gasteiger partial charge < -0.3 is 10.0 Å². The zero-order chi connectivity index (χ0) is 18.5. The van der Waals surface area contributed by atoms with Crippen LogP contribution in [0.2, 0.25) is 0 Å². The summed E-state index contributed by atoms with van der Waals surface area (Å²) in [5.74, 6) is 0.939. The van der Waals surface area contributed by atoms with Gasteiger partial charge in [0.25, 0.3) is 0 Å². The van der Waals surface area contributed by atoms with E-state index in [4.69, 9.17) is 9.97 Å². The quantitative estimate of drug-likeness (QED) is 0.701. The molecule has 0 bridgehead atoms. The third-order valence-electron chi connectivity index (χ3n) is 5.22. The van der Waals surface area contributed by atoms with E-state index in [0.717, 1.165) is 54.1 Å². The topological polar surface area (TPSA) is 49.2 Å². The van der Waals surface area contributed by atoms with Crippen molar-refractivity contribution >= 4 is 5.82 Å². The predicted molar refractivity (Wildman–Crippen MR) is 110 cm³/mol. The largest absolute Gasteiger partial charge is 0.396 e.